The summed E-state index contributed by atoms with van der Waals surface area (Å²) in [6.45, 7) is 2.20. The van der Waals surface area contributed by atoms with E-state index in [2.05, 4.69) is 21.2 Å². The van der Waals surface area contributed by atoms with E-state index in [0.717, 1.165) is 25.9 Å². The molecule has 2 rings (SSSR count). The summed E-state index contributed by atoms with van der Waals surface area (Å²) in [5.74, 6) is -0.449. The molecule has 7 heteroatoms. The van der Waals surface area contributed by atoms with Crippen LogP contribution in [0.15, 0.2) is 27.6 Å². The van der Waals surface area contributed by atoms with Gasteiger partial charge >= 0.3 is 0 Å². The summed E-state index contributed by atoms with van der Waals surface area (Å²) in [5, 5.41) is 3.25. The molecule has 112 valence electrons. The smallest absolute Gasteiger partial charge is 0.245 e. The molecule has 0 spiro atoms. The van der Waals surface area contributed by atoms with Crippen molar-refractivity contribution in [2.75, 3.05) is 26.7 Å². The highest BCUT2D eigenvalue weighted by molar-refractivity contribution is 9.10. The van der Waals surface area contributed by atoms with E-state index in [1.807, 2.05) is 0 Å². The molecule has 0 saturated carbocycles. The fraction of sp³-hybridized carbons (Fsp3) is 0.538. The van der Waals surface area contributed by atoms with Gasteiger partial charge in [0.15, 0.2) is 0 Å². The number of nitrogens with one attached hydrogen (secondary N) is 1. The monoisotopic (exact) mass is 364 g/mol. The summed E-state index contributed by atoms with van der Waals surface area (Å²) in [4.78, 5) is -0.271. The van der Waals surface area contributed by atoms with Crippen molar-refractivity contribution in [3.8, 4) is 0 Å². The van der Waals surface area contributed by atoms with Gasteiger partial charge in [0.05, 0.1) is 0 Å². The quantitative estimate of drug-likeness (QED) is 0.890. The first-order chi connectivity index (χ1) is 9.41. The molecule has 1 aliphatic rings. The summed E-state index contributed by atoms with van der Waals surface area (Å²) in [6.07, 6.45) is 2.04. The lowest BCUT2D eigenvalue weighted by molar-refractivity contribution is 0.314. The van der Waals surface area contributed by atoms with Crippen LogP contribution in [0.3, 0.4) is 0 Å². The first kappa shape index (κ1) is 15.9. The third-order valence-electron chi connectivity index (χ3n) is 3.50. The number of hydrogen-bond donors (Lipinski definition) is 1. The fourth-order valence-corrected chi connectivity index (χ4v) is 4.02. The second-order valence-electron chi connectivity index (χ2n) is 5.07. The number of benzene rings is 1. The van der Waals surface area contributed by atoms with Crippen LogP contribution in [0.1, 0.15) is 12.8 Å². The zero-order chi connectivity index (χ0) is 14.8. The highest BCUT2D eigenvalue weighted by atomic mass is 79.9. The van der Waals surface area contributed by atoms with Crippen LogP contribution in [-0.2, 0) is 10.0 Å². The maximum atomic E-state index is 13.8. The maximum absolute atomic E-state index is 13.8. The Morgan fingerprint density at radius 3 is 2.85 bits per heavy atom. The van der Waals surface area contributed by atoms with Gasteiger partial charge in [-0.1, -0.05) is 15.9 Å². The minimum absolute atomic E-state index is 0.271. The first-order valence-electron chi connectivity index (χ1n) is 6.53. The van der Waals surface area contributed by atoms with Gasteiger partial charge in [-0.2, -0.15) is 0 Å². The Morgan fingerprint density at radius 2 is 2.25 bits per heavy atom. The van der Waals surface area contributed by atoms with E-state index in [0.29, 0.717) is 11.0 Å². The number of hydrogen-bond acceptors (Lipinski definition) is 3. The van der Waals surface area contributed by atoms with Gasteiger partial charge in [-0.05, 0) is 50.0 Å². The SMILES string of the molecule is CN(CC1CCCNC1)S(=O)(=O)c1ccc(Br)cc1F. The van der Waals surface area contributed by atoms with Crippen molar-refractivity contribution >= 4 is 26.0 Å². The van der Waals surface area contributed by atoms with Gasteiger partial charge in [-0.3, -0.25) is 0 Å². The van der Waals surface area contributed by atoms with E-state index in [9.17, 15) is 12.8 Å². The Balaban J connectivity index is 2.16. The molecule has 1 saturated heterocycles. The number of sulfonamides is 1. The van der Waals surface area contributed by atoms with Crippen LogP contribution in [-0.4, -0.2) is 39.4 Å². The molecular formula is C13H18BrFN2O2S. The number of halogens is 2. The molecule has 0 radical (unpaired) electrons. The normalized spacial score (nSPS) is 20.3. The molecule has 1 N–H and O–H groups in total. The molecule has 20 heavy (non-hydrogen) atoms. The fourth-order valence-electron chi connectivity index (χ4n) is 2.39. The van der Waals surface area contributed by atoms with E-state index >= 15 is 0 Å². The molecule has 0 aromatic heterocycles. The third kappa shape index (κ3) is 3.58. The van der Waals surface area contributed by atoms with E-state index < -0.39 is 15.8 Å². The Morgan fingerprint density at radius 1 is 1.50 bits per heavy atom. The lowest BCUT2D eigenvalue weighted by Gasteiger charge is -2.27. The number of piperidine rings is 1. The van der Waals surface area contributed by atoms with E-state index in [4.69, 9.17) is 0 Å². The average Bonchev–Trinajstić information content (AvgIpc) is 2.39. The van der Waals surface area contributed by atoms with Crippen LogP contribution in [0, 0.1) is 11.7 Å². The van der Waals surface area contributed by atoms with Gasteiger partial charge < -0.3 is 5.32 Å². The molecule has 1 aromatic rings. The van der Waals surface area contributed by atoms with Crippen LogP contribution in [0.2, 0.25) is 0 Å². The maximum Gasteiger partial charge on any atom is 0.245 e. The lowest BCUT2D eigenvalue weighted by atomic mass is 10.00. The van der Waals surface area contributed by atoms with Gasteiger partial charge in [0.1, 0.15) is 10.7 Å². The van der Waals surface area contributed by atoms with Crippen molar-refractivity contribution in [2.45, 2.75) is 17.7 Å². The summed E-state index contributed by atoms with van der Waals surface area (Å²) >= 11 is 3.12. The van der Waals surface area contributed by atoms with Gasteiger partial charge in [-0.15, -0.1) is 0 Å². The van der Waals surface area contributed by atoms with Crippen molar-refractivity contribution in [3.63, 3.8) is 0 Å². The molecule has 0 amide bonds. The average molecular weight is 365 g/mol. The zero-order valence-corrected chi connectivity index (χ0v) is 13.7. The predicted molar refractivity (Wildman–Crippen MR) is 79.5 cm³/mol. The summed E-state index contributed by atoms with van der Waals surface area (Å²) in [5.41, 5.74) is 0. The molecule has 1 unspecified atom stereocenters. The first-order valence-corrected chi connectivity index (χ1v) is 8.76. The largest absolute Gasteiger partial charge is 0.316 e. The lowest BCUT2D eigenvalue weighted by Crippen LogP contribution is -2.39. The molecule has 0 aliphatic carbocycles. The van der Waals surface area contributed by atoms with Crippen LogP contribution in [0.5, 0.6) is 0 Å². The third-order valence-corrected chi connectivity index (χ3v) is 5.85. The summed E-state index contributed by atoms with van der Waals surface area (Å²) < 4.78 is 40.4. The Bertz CT molecular complexity index is 574. The topological polar surface area (TPSA) is 49.4 Å². The summed E-state index contributed by atoms with van der Waals surface area (Å²) in [6, 6.07) is 4.00. The Kier molecular flexibility index (Phi) is 5.17. The van der Waals surface area contributed by atoms with Crippen LogP contribution >= 0.6 is 15.9 Å². The Hall–Kier alpha value is -0.500. The zero-order valence-electron chi connectivity index (χ0n) is 11.3. The minimum Gasteiger partial charge on any atom is -0.316 e. The van der Waals surface area contributed by atoms with Crippen molar-refractivity contribution in [3.05, 3.63) is 28.5 Å². The van der Waals surface area contributed by atoms with Gasteiger partial charge in [-0.25, -0.2) is 17.1 Å². The highest BCUT2D eigenvalue weighted by Gasteiger charge is 2.27. The van der Waals surface area contributed by atoms with Gasteiger partial charge in [0.2, 0.25) is 10.0 Å². The van der Waals surface area contributed by atoms with E-state index in [-0.39, 0.29) is 10.8 Å². The molecule has 0 bridgehead atoms. The Labute approximate surface area is 127 Å². The van der Waals surface area contributed by atoms with Crippen LogP contribution in [0.25, 0.3) is 0 Å². The van der Waals surface area contributed by atoms with Crippen LogP contribution < -0.4 is 5.32 Å². The molecular weight excluding hydrogens is 347 g/mol. The van der Waals surface area contributed by atoms with E-state index in [1.54, 1.807) is 0 Å². The van der Waals surface area contributed by atoms with Crippen molar-refractivity contribution in [2.24, 2.45) is 5.92 Å². The second kappa shape index (κ2) is 6.51. The summed E-state index contributed by atoms with van der Waals surface area (Å²) in [7, 11) is -2.27. The van der Waals surface area contributed by atoms with Gasteiger partial charge in [0, 0.05) is 18.1 Å². The van der Waals surface area contributed by atoms with Crippen LogP contribution in [0.4, 0.5) is 4.39 Å². The van der Waals surface area contributed by atoms with Crippen molar-refractivity contribution < 1.29 is 12.8 Å². The van der Waals surface area contributed by atoms with Crippen molar-refractivity contribution in [1.82, 2.24) is 9.62 Å². The second-order valence-corrected chi connectivity index (χ2v) is 8.00. The molecule has 1 aromatic carbocycles. The highest BCUT2D eigenvalue weighted by Crippen LogP contribution is 2.23. The number of nitrogens with zero attached hydrogens (tertiary/aromatic N) is 1. The van der Waals surface area contributed by atoms with Gasteiger partial charge in [0.25, 0.3) is 0 Å². The molecule has 1 atom stereocenters. The molecule has 1 fully saturated rings. The number of rotatable bonds is 4. The molecule has 4 nitrogen and oxygen atoms in total. The molecule has 1 heterocycles. The minimum atomic E-state index is -3.78. The molecule has 1 aliphatic heterocycles. The standard InChI is InChI=1S/C13H18BrFN2O2S/c1-17(9-10-3-2-6-16-8-10)20(18,19)13-5-4-11(14)7-12(13)15/h4-5,7,10,16H,2-3,6,8-9H2,1H3. The van der Waals surface area contributed by atoms with E-state index in [1.165, 1.54) is 29.6 Å². The predicted octanol–water partition coefficient (Wildman–Crippen LogP) is 2.21. The van der Waals surface area contributed by atoms with Crippen molar-refractivity contribution in [1.29, 1.82) is 0 Å².